The van der Waals surface area contributed by atoms with Gasteiger partial charge in [0.25, 0.3) is 15.7 Å². The van der Waals surface area contributed by atoms with Gasteiger partial charge in [-0.25, -0.2) is 8.42 Å². The summed E-state index contributed by atoms with van der Waals surface area (Å²) in [6.45, 7) is 1.46. The molecule has 21 heavy (non-hydrogen) atoms. The van der Waals surface area contributed by atoms with Gasteiger partial charge in [0.1, 0.15) is 0 Å². The fourth-order valence-corrected chi connectivity index (χ4v) is 3.09. The largest absolute Gasteiger partial charge is 0.280 e. The number of halogens is 1. The molecular formula is C13H11ClN2O4S. The highest BCUT2D eigenvalue weighted by molar-refractivity contribution is 7.92. The zero-order chi connectivity index (χ0) is 15.6. The van der Waals surface area contributed by atoms with Crippen LogP contribution in [0.25, 0.3) is 0 Å². The van der Waals surface area contributed by atoms with Gasteiger partial charge in [-0.15, -0.1) is 0 Å². The number of anilines is 1. The van der Waals surface area contributed by atoms with Crippen LogP contribution in [0.5, 0.6) is 0 Å². The number of nitrogens with one attached hydrogen (secondary N) is 1. The van der Waals surface area contributed by atoms with Crippen molar-refractivity contribution >= 4 is 33.0 Å². The third kappa shape index (κ3) is 3.32. The van der Waals surface area contributed by atoms with Crippen molar-refractivity contribution in [1.82, 2.24) is 0 Å². The van der Waals surface area contributed by atoms with Gasteiger partial charge in [0, 0.05) is 17.3 Å². The first-order valence-corrected chi connectivity index (χ1v) is 7.70. The van der Waals surface area contributed by atoms with Crippen LogP contribution in [0.15, 0.2) is 47.4 Å². The molecule has 0 aliphatic carbocycles. The first-order chi connectivity index (χ1) is 9.81. The first kappa shape index (κ1) is 15.3. The van der Waals surface area contributed by atoms with Crippen molar-refractivity contribution in [3.8, 4) is 0 Å². The molecule has 0 aromatic heterocycles. The Bertz CT molecular complexity index is 791. The van der Waals surface area contributed by atoms with Crippen LogP contribution < -0.4 is 4.72 Å². The van der Waals surface area contributed by atoms with Gasteiger partial charge in [-0.05, 0) is 25.1 Å². The standard InChI is InChI=1S/C13H11ClN2O4S/c1-9-12(14)7-11(8-13(9)16(17)18)21(19,20)15-10-5-3-2-4-6-10/h2-8,15H,1H3. The fourth-order valence-electron chi connectivity index (χ4n) is 1.71. The maximum atomic E-state index is 12.2. The lowest BCUT2D eigenvalue weighted by Crippen LogP contribution is -2.13. The molecule has 0 bridgehead atoms. The van der Waals surface area contributed by atoms with Gasteiger partial charge >= 0.3 is 0 Å². The zero-order valence-corrected chi connectivity index (χ0v) is 12.5. The van der Waals surface area contributed by atoms with Crippen LogP contribution in [0, 0.1) is 17.0 Å². The van der Waals surface area contributed by atoms with Crippen LogP contribution in [-0.4, -0.2) is 13.3 Å². The molecule has 2 aromatic rings. The average molecular weight is 327 g/mol. The molecule has 8 heteroatoms. The predicted molar refractivity (Wildman–Crippen MR) is 80.1 cm³/mol. The Kier molecular flexibility index (Phi) is 4.15. The summed E-state index contributed by atoms with van der Waals surface area (Å²) < 4.78 is 26.8. The van der Waals surface area contributed by atoms with Crippen LogP contribution in [0.4, 0.5) is 11.4 Å². The predicted octanol–water partition coefficient (Wildman–Crippen LogP) is 3.36. The van der Waals surface area contributed by atoms with Crippen LogP contribution >= 0.6 is 11.6 Å². The van der Waals surface area contributed by atoms with E-state index in [1.165, 1.54) is 13.0 Å². The molecule has 0 heterocycles. The van der Waals surface area contributed by atoms with E-state index >= 15 is 0 Å². The summed E-state index contributed by atoms with van der Waals surface area (Å²) in [4.78, 5) is 10.0. The van der Waals surface area contributed by atoms with Gasteiger partial charge in [0.2, 0.25) is 0 Å². The number of nitro groups is 1. The highest BCUT2D eigenvalue weighted by Gasteiger charge is 2.22. The third-order valence-electron chi connectivity index (χ3n) is 2.82. The van der Waals surface area contributed by atoms with E-state index in [1.807, 2.05) is 0 Å². The van der Waals surface area contributed by atoms with Gasteiger partial charge in [0.15, 0.2) is 0 Å². The Morgan fingerprint density at radius 3 is 2.38 bits per heavy atom. The number of benzene rings is 2. The normalized spacial score (nSPS) is 11.1. The van der Waals surface area contributed by atoms with Crippen LogP contribution in [0.3, 0.4) is 0 Å². The van der Waals surface area contributed by atoms with Crippen molar-refractivity contribution < 1.29 is 13.3 Å². The first-order valence-electron chi connectivity index (χ1n) is 5.83. The lowest BCUT2D eigenvalue weighted by atomic mass is 10.2. The number of nitro benzene ring substituents is 1. The van der Waals surface area contributed by atoms with Crippen molar-refractivity contribution in [2.24, 2.45) is 0 Å². The molecule has 0 atom stereocenters. The van der Waals surface area contributed by atoms with Crippen LogP contribution in [-0.2, 0) is 10.0 Å². The minimum absolute atomic E-state index is 0.0256. The summed E-state index contributed by atoms with van der Waals surface area (Å²) in [7, 11) is -3.95. The minimum Gasteiger partial charge on any atom is -0.280 e. The molecule has 0 aliphatic rings. The molecule has 0 aliphatic heterocycles. The molecule has 1 N–H and O–H groups in total. The highest BCUT2D eigenvalue weighted by atomic mass is 35.5. The van der Waals surface area contributed by atoms with Crippen molar-refractivity contribution in [1.29, 1.82) is 0 Å². The van der Waals surface area contributed by atoms with Crippen LogP contribution in [0.2, 0.25) is 5.02 Å². The number of sulfonamides is 1. The number of hydrogen-bond acceptors (Lipinski definition) is 4. The Morgan fingerprint density at radius 2 is 1.81 bits per heavy atom. The number of hydrogen-bond donors (Lipinski definition) is 1. The van der Waals surface area contributed by atoms with Gasteiger partial charge < -0.3 is 0 Å². The van der Waals surface area contributed by atoms with Gasteiger partial charge in [-0.3, -0.25) is 14.8 Å². The summed E-state index contributed by atoms with van der Waals surface area (Å²) in [6, 6.07) is 10.4. The highest BCUT2D eigenvalue weighted by Crippen LogP contribution is 2.30. The van der Waals surface area contributed by atoms with Gasteiger partial charge in [-0.1, -0.05) is 29.8 Å². The molecule has 0 spiro atoms. The molecule has 0 saturated carbocycles. The number of para-hydroxylation sites is 1. The Labute approximate surface area is 126 Å². The van der Waals surface area contributed by atoms with E-state index in [4.69, 9.17) is 11.6 Å². The van der Waals surface area contributed by atoms with Crippen LogP contribution in [0.1, 0.15) is 5.56 Å². The Balaban J connectivity index is 2.48. The molecular weight excluding hydrogens is 316 g/mol. The van der Waals surface area contributed by atoms with E-state index in [0.29, 0.717) is 5.69 Å². The van der Waals surface area contributed by atoms with E-state index in [-0.39, 0.29) is 21.2 Å². The maximum Gasteiger partial charge on any atom is 0.275 e. The quantitative estimate of drug-likeness (QED) is 0.689. The molecule has 0 unspecified atom stereocenters. The fraction of sp³-hybridized carbons (Fsp3) is 0.0769. The molecule has 110 valence electrons. The molecule has 2 rings (SSSR count). The molecule has 2 aromatic carbocycles. The SMILES string of the molecule is Cc1c(Cl)cc(S(=O)(=O)Nc2ccccc2)cc1[N+](=O)[O-]. The number of nitrogens with zero attached hydrogens (tertiary/aromatic N) is 1. The van der Waals surface area contributed by atoms with Crippen molar-refractivity contribution in [2.45, 2.75) is 11.8 Å². The lowest BCUT2D eigenvalue weighted by molar-refractivity contribution is -0.385. The molecule has 0 saturated heterocycles. The van der Waals surface area contributed by atoms with Gasteiger partial charge in [0.05, 0.1) is 14.8 Å². The topological polar surface area (TPSA) is 89.3 Å². The number of rotatable bonds is 4. The lowest BCUT2D eigenvalue weighted by Gasteiger charge is -2.09. The molecule has 0 amide bonds. The third-order valence-corrected chi connectivity index (χ3v) is 4.58. The van der Waals surface area contributed by atoms with Crippen molar-refractivity contribution in [3.05, 3.63) is 63.2 Å². The minimum atomic E-state index is -3.95. The van der Waals surface area contributed by atoms with E-state index in [9.17, 15) is 18.5 Å². The second kappa shape index (κ2) is 5.71. The van der Waals surface area contributed by atoms with Crippen molar-refractivity contribution in [2.75, 3.05) is 4.72 Å². The molecule has 6 nitrogen and oxygen atoms in total. The van der Waals surface area contributed by atoms with Gasteiger partial charge in [-0.2, -0.15) is 0 Å². The molecule has 0 radical (unpaired) electrons. The molecule has 0 fully saturated rings. The maximum absolute atomic E-state index is 12.2. The second-order valence-corrected chi connectivity index (χ2v) is 6.37. The van der Waals surface area contributed by atoms with E-state index in [2.05, 4.69) is 4.72 Å². The second-order valence-electron chi connectivity index (χ2n) is 4.28. The van der Waals surface area contributed by atoms with E-state index < -0.39 is 14.9 Å². The monoisotopic (exact) mass is 326 g/mol. The van der Waals surface area contributed by atoms with E-state index in [1.54, 1.807) is 30.3 Å². The van der Waals surface area contributed by atoms with E-state index in [0.717, 1.165) is 6.07 Å². The summed E-state index contributed by atoms with van der Waals surface area (Å²) >= 11 is 5.88. The Hall–Kier alpha value is -2.12. The van der Waals surface area contributed by atoms with Crippen molar-refractivity contribution in [3.63, 3.8) is 0 Å². The zero-order valence-electron chi connectivity index (χ0n) is 10.9. The smallest absolute Gasteiger partial charge is 0.275 e. The summed E-state index contributed by atoms with van der Waals surface area (Å²) in [5.41, 5.74) is 0.244. The Morgan fingerprint density at radius 1 is 1.19 bits per heavy atom. The summed E-state index contributed by atoms with van der Waals surface area (Å²) in [5, 5.41) is 11.0. The average Bonchev–Trinajstić information content (AvgIpc) is 2.41. The summed E-state index contributed by atoms with van der Waals surface area (Å²) in [5.74, 6) is 0. The summed E-state index contributed by atoms with van der Waals surface area (Å²) in [6.07, 6.45) is 0.